The van der Waals surface area contributed by atoms with Crippen LogP contribution in [0.4, 0.5) is 4.39 Å². The van der Waals surface area contributed by atoms with Crippen LogP contribution in [0.15, 0.2) is 28.7 Å². The lowest BCUT2D eigenvalue weighted by Gasteiger charge is -2.40. The van der Waals surface area contributed by atoms with Gasteiger partial charge in [-0.05, 0) is 48.4 Å². The zero-order valence-electron chi connectivity index (χ0n) is 12.0. The molecule has 1 aliphatic rings. The van der Waals surface area contributed by atoms with E-state index in [0.29, 0.717) is 16.7 Å². The molecule has 1 fully saturated rings. The van der Waals surface area contributed by atoms with Crippen molar-refractivity contribution in [2.45, 2.75) is 45.6 Å². The van der Waals surface area contributed by atoms with Crippen molar-refractivity contribution in [1.82, 2.24) is 0 Å². The number of benzene rings is 1. The molecule has 1 aliphatic carbocycles. The Bertz CT molecular complexity index is 614. The van der Waals surface area contributed by atoms with Gasteiger partial charge in [0.2, 0.25) is 0 Å². The van der Waals surface area contributed by atoms with E-state index in [2.05, 4.69) is 13.8 Å². The van der Waals surface area contributed by atoms with Crippen molar-refractivity contribution >= 4 is 11.0 Å². The lowest BCUT2D eigenvalue weighted by Crippen LogP contribution is -2.32. The number of hydrogen-bond acceptors (Lipinski definition) is 2. The summed E-state index contributed by atoms with van der Waals surface area (Å²) < 4.78 is 18.9. The van der Waals surface area contributed by atoms with Crippen molar-refractivity contribution in [2.24, 2.45) is 11.3 Å². The lowest BCUT2D eigenvalue weighted by atomic mass is 9.66. The highest BCUT2D eigenvalue weighted by Gasteiger charge is 2.38. The van der Waals surface area contributed by atoms with E-state index >= 15 is 0 Å². The molecule has 0 spiro atoms. The Morgan fingerprint density at radius 1 is 1.30 bits per heavy atom. The first-order chi connectivity index (χ1) is 9.47. The summed E-state index contributed by atoms with van der Waals surface area (Å²) in [6, 6.07) is 6.22. The molecule has 1 aromatic heterocycles. The maximum absolute atomic E-state index is 13.2. The van der Waals surface area contributed by atoms with E-state index in [0.717, 1.165) is 19.3 Å². The smallest absolute Gasteiger partial charge is 0.134 e. The van der Waals surface area contributed by atoms with Crippen LogP contribution in [0.3, 0.4) is 0 Å². The molecule has 1 aromatic carbocycles. The first-order valence-electron chi connectivity index (χ1n) is 7.34. The van der Waals surface area contributed by atoms with Crippen LogP contribution in [0.25, 0.3) is 11.0 Å². The van der Waals surface area contributed by atoms with Gasteiger partial charge < -0.3 is 9.52 Å². The van der Waals surface area contributed by atoms with Crippen molar-refractivity contribution < 1.29 is 13.9 Å². The van der Waals surface area contributed by atoms with Gasteiger partial charge in [-0.1, -0.05) is 26.7 Å². The monoisotopic (exact) mass is 276 g/mol. The largest absolute Gasteiger partial charge is 0.458 e. The number of aliphatic hydroxyl groups is 1. The van der Waals surface area contributed by atoms with E-state index in [1.165, 1.54) is 18.6 Å². The predicted molar refractivity (Wildman–Crippen MR) is 76.9 cm³/mol. The number of furan rings is 1. The molecular weight excluding hydrogens is 255 g/mol. The standard InChI is InChI=1S/C17H21FO2/c1-17(2)8-4-3-5-13(17)16(19)15-10-11-9-12(18)6-7-14(11)20-15/h6-7,9-10,13,16,19H,3-5,8H2,1-2H3. The van der Waals surface area contributed by atoms with E-state index in [-0.39, 0.29) is 17.2 Å². The number of fused-ring (bicyclic) bond motifs is 1. The molecule has 2 nitrogen and oxygen atoms in total. The van der Waals surface area contributed by atoms with Crippen molar-refractivity contribution in [1.29, 1.82) is 0 Å². The third-order valence-electron chi connectivity index (χ3n) is 4.76. The van der Waals surface area contributed by atoms with E-state index in [1.807, 2.05) is 0 Å². The second kappa shape index (κ2) is 4.88. The van der Waals surface area contributed by atoms with Gasteiger partial charge in [0.25, 0.3) is 0 Å². The Kier molecular flexibility index (Phi) is 3.33. The first-order valence-corrected chi connectivity index (χ1v) is 7.34. The second-order valence-electron chi connectivity index (χ2n) is 6.62. The lowest BCUT2D eigenvalue weighted by molar-refractivity contribution is -0.00718. The Hall–Kier alpha value is -1.35. The Balaban J connectivity index is 1.93. The van der Waals surface area contributed by atoms with Gasteiger partial charge >= 0.3 is 0 Å². The minimum absolute atomic E-state index is 0.113. The van der Waals surface area contributed by atoms with Crippen LogP contribution >= 0.6 is 0 Å². The van der Waals surface area contributed by atoms with Gasteiger partial charge in [0.05, 0.1) is 0 Å². The highest BCUT2D eigenvalue weighted by molar-refractivity contribution is 5.77. The fourth-order valence-electron chi connectivity index (χ4n) is 3.49. The Morgan fingerprint density at radius 2 is 2.10 bits per heavy atom. The Labute approximate surface area is 118 Å². The normalized spacial score (nSPS) is 23.9. The number of rotatable bonds is 2. The van der Waals surface area contributed by atoms with E-state index in [9.17, 15) is 9.50 Å². The van der Waals surface area contributed by atoms with Crippen LogP contribution in [0.2, 0.25) is 0 Å². The van der Waals surface area contributed by atoms with Crippen LogP contribution < -0.4 is 0 Å². The maximum atomic E-state index is 13.2. The third kappa shape index (κ3) is 2.35. The zero-order valence-corrected chi connectivity index (χ0v) is 12.0. The molecule has 1 saturated carbocycles. The highest BCUT2D eigenvalue weighted by atomic mass is 19.1. The molecule has 20 heavy (non-hydrogen) atoms. The highest BCUT2D eigenvalue weighted by Crippen LogP contribution is 2.47. The van der Waals surface area contributed by atoms with Gasteiger partial charge in [0.1, 0.15) is 23.3 Å². The molecule has 1 heterocycles. The molecule has 2 aromatic rings. The van der Waals surface area contributed by atoms with Crippen LogP contribution in [0.5, 0.6) is 0 Å². The summed E-state index contributed by atoms with van der Waals surface area (Å²) in [5.74, 6) is 0.476. The number of halogens is 1. The number of aliphatic hydroxyl groups excluding tert-OH is 1. The molecule has 1 N–H and O–H groups in total. The molecular formula is C17H21FO2. The third-order valence-corrected chi connectivity index (χ3v) is 4.76. The van der Waals surface area contributed by atoms with Gasteiger partial charge in [0, 0.05) is 5.39 Å². The average Bonchev–Trinajstić information content (AvgIpc) is 2.80. The molecule has 0 bridgehead atoms. The van der Waals surface area contributed by atoms with Crippen LogP contribution in [-0.2, 0) is 0 Å². The van der Waals surface area contributed by atoms with Gasteiger partial charge in [-0.2, -0.15) is 0 Å². The van der Waals surface area contributed by atoms with Crippen molar-refractivity contribution in [3.8, 4) is 0 Å². The molecule has 0 saturated heterocycles. The van der Waals surface area contributed by atoms with Crippen molar-refractivity contribution in [3.05, 3.63) is 35.8 Å². The summed E-state index contributed by atoms with van der Waals surface area (Å²) in [7, 11) is 0. The van der Waals surface area contributed by atoms with E-state index in [4.69, 9.17) is 4.42 Å². The SMILES string of the molecule is CC1(C)CCCCC1C(O)c1cc2cc(F)ccc2o1. The molecule has 2 unspecified atom stereocenters. The average molecular weight is 276 g/mol. The molecule has 3 heteroatoms. The zero-order chi connectivity index (χ0) is 14.3. The van der Waals surface area contributed by atoms with Crippen LogP contribution in [0.1, 0.15) is 51.4 Å². The molecule has 0 radical (unpaired) electrons. The summed E-state index contributed by atoms with van der Waals surface area (Å²) in [5, 5.41) is 11.4. The summed E-state index contributed by atoms with van der Waals surface area (Å²) in [5.41, 5.74) is 0.746. The molecule has 0 amide bonds. The van der Waals surface area contributed by atoms with Gasteiger partial charge in [-0.3, -0.25) is 0 Å². The second-order valence-corrected chi connectivity index (χ2v) is 6.62. The minimum atomic E-state index is -0.610. The van der Waals surface area contributed by atoms with Crippen LogP contribution in [0, 0.1) is 17.2 Å². The van der Waals surface area contributed by atoms with Crippen molar-refractivity contribution in [3.63, 3.8) is 0 Å². The first kappa shape index (κ1) is 13.6. The summed E-state index contributed by atoms with van der Waals surface area (Å²) in [4.78, 5) is 0. The number of hydrogen-bond donors (Lipinski definition) is 1. The fraction of sp³-hybridized carbons (Fsp3) is 0.529. The maximum Gasteiger partial charge on any atom is 0.134 e. The van der Waals surface area contributed by atoms with Crippen molar-refractivity contribution in [2.75, 3.05) is 0 Å². The summed E-state index contributed by atoms with van der Waals surface area (Å²) >= 11 is 0. The topological polar surface area (TPSA) is 33.4 Å². The van der Waals surface area contributed by atoms with E-state index in [1.54, 1.807) is 12.1 Å². The quantitative estimate of drug-likeness (QED) is 0.853. The predicted octanol–water partition coefficient (Wildman–Crippen LogP) is 4.82. The van der Waals surface area contributed by atoms with Gasteiger partial charge in [-0.15, -0.1) is 0 Å². The summed E-state index contributed by atoms with van der Waals surface area (Å²) in [6.45, 7) is 4.42. The van der Waals surface area contributed by atoms with Crippen LogP contribution in [-0.4, -0.2) is 5.11 Å². The molecule has 108 valence electrons. The fourth-order valence-corrected chi connectivity index (χ4v) is 3.49. The minimum Gasteiger partial charge on any atom is -0.458 e. The van der Waals surface area contributed by atoms with E-state index < -0.39 is 6.10 Å². The van der Waals surface area contributed by atoms with Gasteiger partial charge in [0.15, 0.2) is 0 Å². The molecule has 3 rings (SSSR count). The Morgan fingerprint density at radius 3 is 2.85 bits per heavy atom. The molecule has 2 atom stereocenters. The van der Waals surface area contributed by atoms with Gasteiger partial charge in [-0.25, -0.2) is 4.39 Å². The summed E-state index contributed by atoms with van der Waals surface area (Å²) in [6.07, 6.45) is 3.91. The molecule has 0 aliphatic heterocycles.